The largest absolute Gasteiger partial charge is 0.373 e. The van der Waals surface area contributed by atoms with E-state index in [-0.39, 0.29) is 41.5 Å². The summed E-state index contributed by atoms with van der Waals surface area (Å²) in [6.07, 6.45) is 0. The average molecular weight is 420 g/mol. The van der Waals surface area contributed by atoms with Crippen molar-refractivity contribution >= 4 is 17.5 Å². The van der Waals surface area contributed by atoms with Gasteiger partial charge in [0.15, 0.2) is 0 Å². The molecule has 0 atom stereocenters. The molecule has 0 aromatic heterocycles. The standard InChI is InChI=1S/C25H29N3O3/c1-17(2)28(15-18-11-7-6-8-12-18)16-21(29)27(5)23-22(26(3)4)24(30)19-13-9-10-14-20(19)25(23)31/h6-14,17H,15-16H2,1-5H3. The molecule has 0 spiro atoms. The van der Waals surface area contributed by atoms with Crippen molar-refractivity contribution in [1.29, 1.82) is 0 Å². The molecule has 1 amide bonds. The van der Waals surface area contributed by atoms with Crippen LogP contribution in [0.25, 0.3) is 0 Å². The van der Waals surface area contributed by atoms with Crippen molar-refractivity contribution in [1.82, 2.24) is 14.7 Å². The van der Waals surface area contributed by atoms with Crippen molar-refractivity contribution in [3.63, 3.8) is 0 Å². The van der Waals surface area contributed by atoms with Crippen molar-refractivity contribution in [2.75, 3.05) is 27.7 Å². The summed E-state index contributed by atoms with van der Waals surface area (Å²) in [7, 11) is 4.99. The summed E-state index contributed by atoms with van der Waals surface area (Å²) in [5.41, 5.74) is 2.17. The Bertz CT molecular complexity index is 1030. The van der Waals surface area contributed by atoms with E-state index < -0.39 is 0 Å². The van der Waals surface area contributed by atoms with Crippen molar-refractivity contribution in [2.45, 2.75) is 26.4 Å². The normalized spacial score (nSPS) is 13.6. The number of hydrogen-bond donors (Lipinski definition) is 0. The molecule has 0 radical (unpaired) electrons. The molecule has 0 bridgehead atoms. The van der Waals surface area contributed by atoms with Gasteiger partial charge in [-0.15, -0.1) is 0 Å². The smallest absolute Gasteiger partial charge is 0.241 e. The fourth-order valence-corrected chi connectivity index (χ4v) is 3.72. The fourth-order valence-electron chi connectivity index (χ4n) is 3.72. The van der Waals surface area contributed by atoms with Gasteiger partial charge in [-0.25, -0.2) is 0 Å². The monoisotopic (exact) mass is 419 g/mol. The summed E-state index contributed by atoms with van der Waals surface area (Å²) in [4.78, 5) is 44.6. The maximum Gasteiger partial charge on any atom is 0.241 e. The van der Waals surface area contributed by atoms with E-state index in [0.29, 0.717) is 17.7 Å². The Labute approximate surface area is 183 Å². The highest BCUT2D eigenvalue weighted by atomic mass is 16.2. The lowest BCUT2D eigenvalue weighted by molar-refractivity contribution is -0.129. The molecule has 31 heavy (non-hydrogen) atoms. The topological polar surface area (TPSA) is 60.9 Å². The third-order valence-corrected chi connectivity index (χ3v) is 5.52. The molecule has 1 aliphatic rings. The van der Waals surface area contributed by atoms with Crippen molar-refractivity contribution in [3.05, 3.63) is 82.7 Å². The molecule has 0 aliphatic heterocycles. The van der Waals surface area contributed by atoms with Crippen LogP contribution >= 0.6 is 0 Å². The van der Waals surface area contributed by atoms with Crippen LogP contribution in [0.3, 0.4) is 0 Å². The highest BCUT2D eigenvalue weighted by Gasteiger charge is 2.37. The number of carbonyl (C=O) groups excluding carboxylic acids is 3. The molecule has 1 aliphatic carbocycles. The number of hydrogen-bond acceptors (Lipinski definition) is 5. The molecule has 3 rings (SSSR count). The highest BCUT2D eigenvalue weighted by Crippen LogP contribution is 2.29. The van der Waals surface area contributed by atoms with Crippen LogP contribution in [-0.2, 0) is 11.3 Å². The second-order valence-electron chi connectivity index (χ2n) is 8.23. The van der Waals surface area contributed by atoms with Crippen molar-refractivity contribution < 1.29 is 14.4 Å². The molecule has 2 aromatic carbocycles. The van der Waals surface area contributed by atoms with E-state index in [1.807, 2.05) is 49.1 Å². The van der Waals surface area contributed by atoms with Gasteiger partial charge in [0.2, 0.25) is 17.5 Å². The molecule has 0 fully saturated rings. The summed E-state index contributed by atoms with van der Waals surface area (Å²) in [5, 5.41) is 0. The first-order chi connectivity index (χ1) is 14.7. The van der Waals surface area contributed by atoms with Gasteiger partial charge in [0.05, 0.1) is 6.54 Å². The van der Waals surface area contributed by atoms with Crippen LogP contribution in [0.1, 0.15) is 40.1 Å². The number of benzene rings is 2. The second kappa shape index (κ2) is 9.27. The number of likely N-dealkylation sites (N-methyl/N-ethyl adjacent to an activating group) is 2. The van der Waals surface area contributed by atoms with Crippen molar-refractivity contribution in [2.24, 2.45) is 0 Å². The first kappa shape index (κ1) is 22.4. The van der Waals surface area contributed by atoms with E-state index in [0.717, 1.165) is 5.56 Å². The van der Waals surface area contributed by atoms with Crippen LogP contribution in [0.2, 0.25) is 0 Å². The molecule has 0 saturated carbocycles. The Morgan fingerprint density at radius 1 is 0.806 bits per heavy atom. The number of amides is 1. The third kappa shape index (κ3) is 4.59. The van der Waals surface area contributed by atoms with E-state index in [1.165, 1.54) is 4.90 Å². The van der Waals surface area contributed by atoms with E-state index in [4.69, 9.17) is 0 Å². The van der Waals surface area contributed by atoms with Gasteiger partial charge in [-0.2, -0.15) is 0 Å². The number of ketones is 2. The molecular formula is C25H29N3O3. The second-order valence-corrected chi connectivity index (χ2v) is 8.23. The molecule has 6 nitrogen and oxygen atoms in total. The van der Waals surface area contributed by atoms with Gasteiger partial charge in [0, 0.05) is 44.9 Å². The highest BCUT2D eigenvalue weighted by molar-refractivity contribution is 6.27. The maximum atomic E-state index is 13.3. The molecule has 0 heterocycles. The van der Waals surface area contributed by atoms with Gasteiger partial charge >= 0.3 is 0 Å². The quantitative estimate of drug-likeness (QED) is 0.690. The molecular weight excluding hydrogens is 390 g/mol. The molecule has 6 heteroatoms. The van der Waals surface area contributed by atoms with Gasteiger partial charge in [0.25, 0.3) is 0 Å². The minimum atomic E-state index is -0.311. The summed E-state index contributed by atoms with van der Waals surface area (Å²) < 4.78 is 0. The molecule has 2 aromatic rings. The van der Waals surface area contributed by atoms with Crippen LogP contribution < -0.4 is 0 Å². The number of Topliss-reactive ketones (excluding diaryl/α,β-unsaturated/α-hetero) is 2. The van der Waals surface area contributed by atoms with Crippen LogP contribution in [-0.4, -0.2) is 65.9 Å². The van der Waals surface area contributed by atoms with Gasteiger partial charge in [-0.1, -0.05) is 54.6 Å². The van der Waals surface area contributed by atoms with Gasteiger partial charge in [-0.05, 0) is 19.4 Å². The summed E-state index contributed by atoms with van der Waals surface area (Å²) in [5.74, 6) is -0.798. The van der Waals surface area contributed by atoms with Gasteiger partial charge in [-0.3, -0.25) is 19.3 Å². The Hall–Kier alpha value is -3.25. The molecule has 0 N–H and O–H groups in total. The number of carbonyl (C=O) groups is 3. The number of nitrogens with zero attached hydrogens (tertiary/aromatic N) is 3. The maximum absolute atomic E-state index is 13.3. The summed E-state index contributed by atoms with van der Waals surface area (Å²) in [6, 6.07) is 16.8. The van der Waals surface area contributed by atoms with Gasteiger partial charge < -0.3 is 9.80 Å². The lowest BCUT2D eigenvalue weighted by atomic mass is 9.89. The fraction of sp³-hybridized carbons (Fsp3) is 0.320. The minimum absolute atomic E-state index is 0.127. The predicted octanol–water partition coefficient (Wildman–Crippen LogP) is 3.21. The van der Waals surface area contributed by atoms with Gasteiger partial charge in [0.1, 0.15) is 11.4 Å². The Kier molecular flexibility index (Phi) is 6.71. The summed E-state index contributed by atoms with van der Waals surface area (Å²) >= 11 is 0. The van der Waals surface area contributed by atoms with E-state index in [2.05, 4.69) is 0 Å². The lowest BCUT2D eigenvalue weighted by Crippen LogP contribution is -2.44. The van der Waals surface area contributed by atoms with Crippen LogP contribution in [0.4, 0.5) is 0 Å². The first-order valence-electron chi connectivity index (χ1n) is 10.4. The van der Waals surface area contributed by atoms with E-state index in [9.17, 15) is 14.4 Å². The number of allylic oxidation sites excluding steroid dienone is 2. The Morgan fingerprint density at radius 3 is 1.84 bits per heavy atom. The zero-order chi connectivity index (χ0) is 22.7. The number of rotatable bonds is 7. The van der Waals surface area contributed by atoms with Crippen molar-refractivity contribution in [3.8, 4) is 0 Å². The zero-order valence-electron chi connectivity index (χ0n) is 18.8. The SMILES string of the molecule is CC(C)N(CC(=O)N(C)C1=C(N(C)C)C(=O)c2ccccc2C1=O)Cc1ccccc1. The Balaban J connectivity index is 1.91. The van der Waals surface area contributed by atoms with E-state index in [1.54, 1.807) is 50.3 Å². The van der Waals surface area contributed by atoms with Crippen LogP contribution in [0.15, 0.2) is 66.0 Å². The average Bonchev–Trinajstić information content (AvgIpc) is 2.75. The lowest BCUT2D eigenvalue weighted by Gasteiger charge is -2.32. The predicted molar refractivity (Wildman–Crippen MR) is 121 cm³/mol. The third-order valence-electron chi connectivity index (χ3n) is 5.52. The molecule has 162 valence electrons. The summed E-state index contributed by atoms with van der Waals surface area (Å²) in [6.45, 7) is 4.82. The van der Waals surface area contributed by atoms with Crippen LogP contribution in [0.5, 0.6) is 0 Å². The first-order valence-corrected chi connectivity index (χ1v) is 10.4. The van der Waals surface area contributed by atoms with E-state index >= 15 is 0 Å². The zero-order valence-corrected chi connectivity index (χ0v) is 18.8. The van der Waals surface area contributed by atoms with Crippen LogP contribution in [0, 0.1) is 0 Å². The molecule has 0 saturated heterocycles. The Morgan fingerprint density at radius 2 is 1.32 bits per heavy atom. The minimum Gasteiger partial charge on any atom is -0.373 e. The number of fused-ring (bicyclic) bond motifs is 1. The molecule has 0 unspecified atom stereocenters.